The number of benzene rings is 1. The maximum absolute atomic E-state index is 14.0. The number of methoxy groups -OCH3 is 2. The lowest BCUT2D eigenvalue weighted by atomic mass is 9.85. The average Bonchev–Trinajstić information content (AvgIpc) is 3.12. The number of ketones is 2. The van der Waals surface area contributed by atoms with Crippen LogP contribution in [0.15, 0.2) is 88.8 Å². The number of ether oxygens (including phenoxy) is 5. The SMILES string of the molecule is CCOCC(=O)OC1C(OC)C[C@H](C)CC2=C(NC(=O)c3ccccc3)C(=O)C=C(NC(=O)/C(C)=C/C=C\C(OC)C(OC(N)=O)/C(C)=C/[C@@H]1C)C2=O. The second kappa shape index (κ2) is 20.2. The second-order valence-electron chi connectivity index (χ2n) is 12.9. The molecule has 3 rings (SSSR count). The lowest BCUT2D eigenvalue weighted by Gasteiger charge is -2.32. The van der Waals surface area contributed by atoms with Gasteiger partial charge in [0.2, 0.25) is 11.6 Å². The van der Waals surface area contributed by atoms with Crippen molar-refractivity contribution in [3.63, 3.8) is 0 Å². The highest BCUT2D eigenvalue weighted by Gasteiger charge is 2.36. The first kappa shape index (κ1) is 42.2. The van der Waals surface area contributed by atoms with E-state index in [1.165, 1.54) is 33.3 Å². The zero-order valence-electron chi connectivity index (χ0n) is 31.1. The van der Waals surface area contributed by atoms with Crippen LogP contribution in [0.1, 0.15) is 57.8 Å². The minimum absolute atomic E-state index is 0.0121. The van der Waals surface area contributed by atoms with Crippen molar-refractivity contribution in [2.75, 3.05) is 27.4 Å². The van der Waals surface area contributed by atoms with Crippen LogP contribution in [0.3, 0.4) is 0 Å². The highest BCUT2D eigenvalue weighted by Crippen LogP contribution is 2.30. The number of allylic oxidation sites excluding steroid dienone is 4. The van der Waals surface area contributed by atoms with Gasteiger partial charge in [-0.25, -0.2) is 9.59 Å². The molecular formula is C39H49N3O11. The Balaban J connectivity index is 2.17. The summed E-state index contributed by atoms with van der Waals surface area (Å²) in [5, 5.41) is 5.15. The summed E-state index contributed by atoms with van der Waals surface area (Å²) < 4.78 is 28.2. The molecule has 0 saturated carbocycles. The van der Waals surface area contributed by atoms with E-state index in [-0.39, 0.29) is 54.2 Å². The van der Waals surface area contributed by atoms with Crippen LogP contribution in [0.2, 0.25) is 0 Å². The lowest BCUT2D eigenvalue weighted by molar-refractivity contribution is -0.165. The van der Waals surface area contributed by atoms with E-state index in [9.17, 15) is 28.8 Å². The number of Topliss-reactive ketones (excluding diaryl/α,β-unsaturated/α-hetero) is 1. The van der Waals surface area contributed by atoms with Crippen molar-refractivity contribution in [2.45, 2.75) is 71.9 Å². The minimum atomic E-state index is -1.05. The Morgan fingerprint density at radius 3 is 2.32 bits per heavy atom. The Kier molecular flexibility index (Phi) is 16.1. The van der Waals surface area contributed by atoms with E-state index in [1.807, 2.05) is 6.92 Å². The van der Waals surface area contributed by atoms with Crippen LogP contribution in [0.25, 0.3) is 0 Å². The van der Waals surface area contributed by atoms with Gasteiger partial charge in [0.25, 0.3) is 11.8 Å². The molecule has 4 N–H and O–H groups in total. The van der Waals surface area contributed by atoms with Gasteiger partial charge in [-0.2, -0.15) is 0 Å². The summed E-state index contributed by atoms with van der Waals surface area (Å²) in [6.45, 7) is 8.55. The van der Waals surface area contributed by atoms with E-state index in [1.54, 1.807) is 63.3 Å². The van der Waals surface area contributed by atoms with Crippen molar-refractivity contribution < 1.29 is 52.5 Å². The molecule has 4 unspecified atom stereocenters. The van der Waals surface area contributed by atoms with Gasteiger partial charge in [0.15, 0.2) is 6.10 Å². The van der Waals surface area contributed by atoms with E-state index < -0.39 is 71.7 Å². The van der Waals surface area contributed by atoms with Crippen LogP contribution in [0.5, 0.6) is 0 Å². The largest absolute Gasteiger partial charge is 0.457 e. The Hall–Kier alpha value is -5.18. The number of amides is 3. The normalized spacial score (nSPS) is 27.3. The molecule has 0 fully saturated rings. The quantitative estimate of drug-likeness (QED) is 0.190. The van der Waals surface area contributed by atoms with Crippen LogP contribution in [-0.4, -0.2) is 87.3 Å². The van der Waals surface area contributed by atoms with Gasteiger partial charge < -0.3 is 40.1 Å². The molecule has 0 radical (unpaired) electrons. The first-order valence-corrected chi connectivity index (χ1v) is 17.2. The Bertz CT molecular complexity index is 1690. The molecule has 53 heavy (non-hydrogen) atoms. The van der Waals surface area contributed by atoms with E-state index in [4.69, 9.17) is 29.4 Å². The molecule has 3 amide bonds. The van der Waals surface area contributed by atoms with Gasteiger partial charge in [0, 0.05) is 49.5 Å². The molecule has 6 atom stereocenters. The molecule has 286 valence electrons. The van der Waals surface area contributed by atoms with Crippen LogP contribution >= 0.6 is 0 Å². The molecule has 14 nitrogen and oxygen atoms in total. The van der Waals surface area contributed by atoms with Gasteiger partial charge >= 0.3 is 12.1 Å². The number of esters is 1. The molecule has 0 saturated heterocycles. The summed E-state index contributed by atoms with van der Waals surface area (Å²) in [6.07, 6.45) is 2.85. The number of hydrogen-bond donors (Lipinski definition) is 3. The Labute approximate surface area is 309 Å². The monoisotopic (exact) mass is 735 g/mol. The van der Waals surface area contributed by atoms with Crippen molar-refractivity contribution in [1.29, 1.82) is 0 Å². The third-order valence-electron chi connectivity index (χ3n) is 8.72. The van der Waals surface area contributed by atoms with E-state index in [2.05, 4.69) is 10.6 Å². The van der Waals surface area contributed by atoms with Crippen molar-refractivity contribution in [1.82, 2.24) is 10.6 Å². The van der Waals surface area contributed by atoms with Crippen LogP contribution < -0.4 is 16.4 Å². The summed E-state index contributed by atoms with van der Waals surface area (Å²) in [4.78, 5) is 79.0. The van der Waals surface area contributed by atoms with E-state index in [0.717, 1.165) is 6.08 Å². The first-order valence-electron chi connectivity index (χ1n) is 17.2. The standard InChI is InChI=1S/C39H49N3O11/c1-8-51-21-32(44)52-36-25(5)19-24(4)35(53-39(40)48)30(49-6)16-12-13-23(3)37(46)41-28-20-29(43)33(42-38(47)26-14-10-9-11-15-26)27(34(28)45)17-22(2)18-31(36)50-7/h9-16,19-20,22,25,30-31,35-36H,8,17-18,21H2,1-7H3,(H2,40,48)(H,41,46)(H,42,47)/b16-12-,23-13+,24-19+/t22-,25+,30?,31?,35?,36?/m1/s1. The average molecular weight is 736 g/mol. The van der Waals surface area contributed by atoms with E-state index >= 15 is 0 Å². The van der Waals surface area contributed by atoms with Crippen molar-refractivity contribution in [3.05, 3.63) is 94.4 Å². The number of hydrogen-bond acceptors (Lipinski definition) is 11. The van der Waals surface area contributed by atoms with Crippen molar-refractivity contribution in [2.24, 2.45) is 17.6 Å². The van der Waals surface area contributed by atoms with Gasteiger partial charge in [-0.1, -0.05) is 56.4 Å². The molecule has 1 aromatic rings. The predicted octanol–water partition coefficient (Wildman–Crippen LogP) is 3.78. The fourth-order valence-electron chi connectivity index (χ4n) is 6.04. The van der Waals surface area contributed by atoms with Crippen LogP contribution in [0, 0.1) is 11.8 Å². The fourth-order valence-corrected chi connectivity index (χ4v) is 6.04. The highest BCUT2D eigenvalue weighted by molar-refractivity contribution is 6.24. The lowest BCUT2D eigenvalue weighted by Crippen LogP contribution is -2.41. The molecule has 1 aromatic carbocycles. The molecule has 2 aliphatic rings. The minimum Gasteiger partial charge on any atom is -0.457 e. The topological polar surface area (TPSA) is 199 Å². The van der Waals surface area contributed by atoms with Crippen molar-refractivity contribution >= 4 is 35.4 Å². The fraction of sp³-hybridized carbons (Fsp3) is 0.436. The first-order chi connectivity index (χ1) is 25.2. The van der Waals surface area contributed by atoms with E-state index in [0.29, 0.717) is 5.57 Å². The number of nitrogens with one attached hydrogen (secondary N) is 2. The number of nitrogens with two attached hydrogens (primary N) is 1. The molecule has 1 aliphatic carbocycles. The molecule has 0 aromatic heterocycles. The summed E-state index contributed by atoms with van der Waals surface area (Å²) in [6, 6.07) is 8.21. The molecule has 0 spiro atoms. The summed E-state index contributed by atoms with van der Waals surface area (Å²) in [7, 11) is 2.86. The maximum Gasteiger partial charge on any atom is 0.405 e. The second-order valence-corrected chi connectivity index (χ2v) is 12.9. The van der Waals surface area contributed by atoms with Crippen molar-refractivity contribution in [3.8, 4) is 0 Å². The Morgan fingerprint density at radius 1 is 1.00 bits per heavy atom. The summed E-state index contributed by atoms with van der Waals surface area (Å²) in [5.41, 5.74) is 5.91. The number of rotatable bonds is 9. The predicted molar refractivity (Wildman–Crippen MR) is 194 cm³/mol. The number of fused-ring (bicyclic) bond motifs is 2. The van der Waals surface area contributed by atoms with Gasteiger partial charge in [-0.3, -0.25) is 19.2 Å². The van der Waals surface area contributed by atoms with Gasteiger partial charge in [-0.15, -0.1) is 0 Å². The number of carbonyl (C=O) groups is 6. The van der Waals surface area contributed by atoms with Crippen LogP contribution in [0.4, 0.5) is 4.79 Å². The third kappa shape index (κ3) is 11.9. The molecule has 14 heteroatoms. The third-order valence-corrected chi connectivity index (χ3v) is 8.72. The molecule has 2 bridgehead atoms. The number of carbonyl (C=O) groups excluding carboxylic acids is 6. The van der Waals surface area contributed by atoms with Gasteiger partial charge in [0.1, 0.15) is 18.8 Å². The summed E-state index contributed by atoms with van der Waals surface area (Å²) in [5.74, 6) is -4.18. The number of primary amides is 1. The molecule has 1 aliphatic heterocycles. The molecule has 1 heterocycles. The zero-order chi connectivity index (χ0) is 39.2. The zero-order valence-corrected chi connectivity index (χ0v) is 31.1. The smallest absolute Gasteiger partial charge is 0.405 e. The summed E-state index contributed by atoms with van der Waals surface area (Å²) >= 11 is 0. The molecular weight excluding hydrogens is 686 g/mol. The van der Waals surface area contributed by atoms with Gasteiger partial charge in [-0.05, 0) is 57.2 Å². The maximum atomic E-state index is 14.0. The Morgan fingerprint density at radius 2 is 1.70 bits per heavy atom. The highest BCUT2D eigenvalue weighted by atomic mass is 16.6. The van der Waals surface area contributed by atoms with Gasteiger partial charge in [0.05, 0.1) is 17.5 Å². The van der Waals surface area contributed by atoms with Crippen LogP contribution in [-0.2, 0) is 42.9 Å².